The summed E-state index contributed by atoms with van der Waals surface area (Å²) in [5, 5.41) is 19.3. The zero-order valence-corrected chi connectivity index (χ0v) is 17.0. The van der Waals surface area contributed by atoms with E-state index in [1.54, 1.807) is 18.2 Å². The summed E-state index contributed by atoms with van der Waals surface area (Å²) in [4.78, 5) is 26.5. The van der Waals surface area contributed by atoms with Crippen LogP contribution in [0.1, 0.15) is 52.2 Å². The van der Waals surface area contributed by atoms with Gasteiger partial charge in [0, 0.05) is 23.9 Å². The third kappa shape index (κ3) is 6.11. The Kier molecular flexibility index (Phi) is 7.39. The van der Waals surface area contributed by atoms with E-state index in [1.165, 1.54) is 23.5 Å². The number of rotatable bonds is 10. The highest BCUT2D eigenvalue weighted by Crippen LogP contribution is 2.25. The van der Waals surface area contributed by atoms with Gasteiger partial charge < -0.3 is 15.1 Å². The molecule has 7 heteroatoms. The number of benzene rings is 1. The second-order valence-corrected chi connectivity index (χ2v) is 8.68. The van der Waals surface area contributed by atoms with Gasteiger partial charge in [-0.1, -0.05) is 12.1 Å². The molecule has 2 N–H and O–H groups in total. The number of aliphatic hydroxyl groups is 1. The van der Waals surface area contributed by atoms with Gasteiger partial charge in [0.2, 0.25) is 5.91 Å². The minimum absolute atomic E-state index is 0.142. The van der Waals surface area contributed by atoms with E-state index in [9.17, 15) is 19.1 Å². The molecule has 1 fully saturated rings. The average Bonchev–Trinajstić information content (AvgIpc) is 3.30. The minimum atomic E-state index is -0.907. The summed E-state index contributed by atoms with van der Waals surface area (Å²) in [6.45, 7) is 0.651. The lowest BCUT2D eigenvalue weighted by molar-refractivity contribution is -0.129. The Bertz CT molecular complexity index is 836. The van der Waals surface area contributed by atoms with Crippen LogP contribution in [-0.4, -0.2) is 45.7 Å². The third-order valence-corrected chi connectivity index (χ3v) is 6.50. The number of aliphatic hydroxyl groups excluding tert-OH is 1. The molecule has 1 aromatic heterocycles. The van der Waals surface area contributed by atoms with Crippen LogP contribution in [0, 0.1) is 5.82 Å². The van der Waals surface area contributed by atoms with Gasteiger partial charge in [0.05, 0.1) is 6.10 Å². The molecule has 2 aromatic rings. The van der Waals surface area contributed by atoms with Crippen LogP contribution >= 0.6 is 11.3 Å². The summed E-state index contributed by atoms with van der Waals surface area (Å²) in [5.74, 6) is -1.04. The molecular formula is C22H26FNO4S. The highest BCUT2D eigenvalue weighted by Gasteiger charge is 2.30. The lowest BCUT2D eigenvalue weighted by atomic mass is 10.0. The Labute approximate surface area is 173 Å². The van der Waals surface area contributed by atoms with Crippen molar-refractivity contribution >= 4 is 23.2 Å². The van der Waals surface area contributed by atoms with Crippen molar-refractivity contribution in [3.63, 3.8) is 0 Å². The number of aryl methyl sites for hydroxylation is 1. The predicted octanol–water partition coefficient (Wildman–Crippen LogP) is 3.89. The fraction of sp³-hybridized carbons (Fsp3) is 0.455. The number of aromatic carboxylic acids is 1. The summed E-state index contributed by atoms with van der Waals surface area (Å²) in [5.41, 5.74) is 0.898. The van der Waals surface area contributed by atoms with Gasteiger partial charge in [-0.15, -0.1) is 11.3 Å². The number of carbonyl (C=O) groups excluding carboxylic acids is 1. The Hall–Kier alpha value is -2.25. The maximum absolute atomic E-state index is 13.0. The normalized spacial score (nSPS) is 17.7. The van der Waals surface area contributed by atoms with Crippen LogP contribution in [0.5, 0.6) is 0 Å². The van der Waals surface area contributed by atoms with Gasteiger partial charge in [0.25, 0.3) is 0 Å². The lowest BCUT2D eigenvalue weighted by Gasteiger charge is -2.25. The van der Waals surface area contributed by atoms with E-state index in [4.69, 9.17) is 5.11 Å². The second kappa shape index (κ2) is 9.98. The first-order valence-corrected chi connectivity index (χ1v) is 10.8. The molecule has 0 aliphatic carbocycles. The van der Waals surface area contributed by atoms with Gasteiger partial charge in [0.15, 0.2) is 0 Å². The van der Waals surface area contributed by atoms with Crippen LogP contribution in [0.2, 0.25) is 0 Å². The minimum Gasteiger partial charge on any atom is -0.477 e. The zero-order valence-electron chi connectivity index (χ0n) is 16.2. The molecule has 2 heterocycles. The van der Waals surface area contributed by atoms with E-state index in [2.05, 4.69) is 0 Å². The molecule has 5 nitrogen and oxygen atoms in total. The number of amides is 1. The SMILES string of the molecule is O=C(O)c1ccc(CCCN2C(=O)CC[C@@H]2CC[C@@H](O)Cc2ccc(F)cc2)s1. The lowest BCUT2D eigenvalue weighted by Crippen LogP contribution is -2.34. The van der Waals surface area contributed by atoms with E-state index < -0.39 is 12.1 Å². The molecule has 2 atom stereocenters. The zero-order chi connectivity index (χ0) is 20.8. The number of likely N-dealkylation sites (tertiary alicyclic amines) is 1. The highest BCUT2D eigenvalue weighted by atomic mass is 32.1. The molecule has 156 valence electrons. The van der Waals surface area contributed by atoms with Crippen molar-refractivity contribution in [2.45, 2.75) is 57.1 Å². The van der Waals surface area contributed by atoms with Crippen molar-refractivity contribution in [3.8, 4) is 0 Å². The van der Waals surface area contributed by atoms with Crippen LogP contribution in [0.4, 0.5) is 4.39 Å². The molecule has 29 heavy (non-hydrogen) atoms. The highest BCUT2D eigenvalue weighted by molar-refractivity contribution is 7.13. The largest absolute Gasteiger partial charge is 0.477 e. The summed E-state index contributed by atoms with van der Waals surface area (Å²) in [6, 6.07) is 9.76. The predicted molar refractivity (Wildman–Crippen MR) is 110 cm³/mol. The number of hydrogen-bond acceptors (Lipinski definition) is 4. The summed E-state index contributed by atoms with van der Waals surface area (Å²) in [6.07, 6.45) is 4.20. The molecular weight excluding hydrogens is 393 g/mol. The Balaban J connectivity index is 1.44. The van der Waals surface area contributed by atoms with Crippen LogP contribution < -0.4 is 0 Å². The molecule has 1 saturated heterocycles. The van der Waals surface area contributed by atoms with Crippen LogP contribution in [0.25, 0.3) is 0 Å². The molecule has 0 bridgehead atoms. The first kappa shape index (κ1) is 21.5. The second-order valence-electron chi connectivity index (χ2n) is 7.52. The molecule has 1 aliphatic heterocycles. The maximum atomic E-state index is 13.0. The Morgan fingerprint density at radius 3 is 2.69 bits per heavy atom. The number of thiophene rings is 1. The van der Waals surface area contributed by atoms with Gasteiger partial charge in [-0.2, -0.15) is 0 Å². The van der Waals surface area contributed by atoms with E-state index in [0.717, 1.165) is 36.1 Å². The number of carbonyl (C=O) groups is 2. The smallest absolute Gasteiger partial charge is 0.345 e. The van der Waals surface area contributed by atoms with E-state index in [0.29, 0.717) is 30.7 Å². The molecule has 3 rings (SSSR count). The molecule has 1 amide bonds. The molecule has 0 spiro atoms. The molecule has 0 radical (unpaired) electrons. The summed E-state index contributed by atoms with van der Waals surface area (Å²) in [7, 11) is 0. The van der Waals surface area contributed by atoms with Gasteiger partial charge in [-0.25, -0.2) is 9.18 Å². The number of nitrogens with zero attached hydrogens (tertiary/aromatic N) is 1. The first-order chi connectivity index (χ1) is 13.9. The summed E-state index contributed by atoms with van der Waals surface area (Å²) < 4.78 is 13.0. The molecule has 1 aromatic carbocycles. The van der Waals surface area contributed by atoms with E-state index in [1.807, 2.05) is 11.0 Å². The monoisotopic (exact) mass is 419 g/mol. The van der Waals surface area contributed by atoms with Gasteiger partial charge in [-0.3, -0.25) is 4.79 Å². The Morgan fingerprint density at radius 2 is 2.00 bits per heavy atom. The van der Waals surface area contributed by atoms with Crippen molar-refractivity contribution < 1.29 is 24.2 Å². The number of carboxylic acids is 1. The molecule has 1 aliphatic rings. The standard InChI is InChI=1S/C22H26FNO4S/c23-16-5-3-15(4-6-16)14-18(25)9-7-17-8-12-21(26)24(17)13-1-2-19-10-11-20(29-19)22(27)28/h3-6,10-11,17-18,25H,1-2,7-9,12-14H2,(H,27,28)/t17-,18+/m0/s1. The Morgan fingerprint density at radius 1 is 1.24 bits per heavy atom. The molecule has 0 saturated carbocycles. The first-order valence-electron chi connectivity index (χ1n) is 9.96. The van der Waals surface area contributed by atoms with Crippen molar-refractivity contribution in [1.82, 2.24) is 4.90 Å². The van der Waals surface area contributed by atoms with Crippen LogP contribution in [-0.2, 0) is 17.6 Å². The fourth-order valence-electron chi connectivity index (χ4n) is 3.83. The number of halogens is 1. The van der Waals surface area contributed by atoms with Crippen molar-refractivity contribution in [2.24, 2.45) is 0 Å². The average molecular weight is 420 g/mol. The van der Waals surface area contributed by atoms with Crippen LogP contribution in [0.3, 0.4) is 0 Å². The maximum Gasteiger partial charge on any atom is 0.345 e. The quantitative estimate of drug-likeness (QED) is 0.612. The fourth-order valence-corrected chi connectivity index (χ4v) is 4.72. The topological polar surface area (TPSA) is 77.8 Å². The molecule has 0 unspecified atom stereocenters. The number of carboxylic acid groups (broad SMARTS) is 1. The van der Waals surface area contributed by atoms with Crippen molar-refractivity contribution in [1.29, 1.82) is 0 Å². The van der Waals surface area contributed by atoms with E-state index in [-0.39, 0.29) is 17.8 Å². The van der Waals surface area contributed by atoms with Gasteiger partial charge in [0.1, 0.15) is 10.7 Å². The van der Waals surface area contributed by atoms with Gasteiger partial charge in [-0.05, 0) is 68.4 Å². The van der Waals surface area contributed by atoms with Crippen molar-refractivity contribution in [3.05, 3.63) is 57.5 Å². The van der Waals surface area contributed by atoms with Crippen LogP contribution in [0.15, 0.2) is 36.4 Å². The summed E-state index contributed by atoms with van der Waals surface area (Å²) >= 11 is 1.28. The third-order valence-electron chi connectivity index (χ3n) is 5.36. The number of hydrogen-bond donors (Lipinski definition) is 2. The van der Waals surface area contributed by atoms with Crippen molar-refractivity contribution in [2.75, 3.05) is 6.54 Å². The van der Waals surface area contributed by atoms with Gasteiger partial charge >= 0.3 is 5.97 Å². The van der Waals surface area contributed by atoms with E-state index >= 15 is 0 Å².